The summed E-state index contributed by atoms with van der Waals surface area (Å²) in [4.78, 5) is 12.6. The molecule has 0 saturated carbocycles. The molecule has 0 spiro atoms. The quantitative estimate of drug-likeness (QED) is 0.787. The summed E-state index contributed by atoms with van der Waals surface area (Å²) in [5.74, 6) is 0.363. The van der Waals surface area contributed by atoms with E-state index in [-0.39, 0.29) is 6.10 Å². The van der Waals surface area contributed by atoms with Crippen LogP contribution in [0.2, 0.25) is 0 Å². The third-order valence-corrected chi connectivity index (χ3v) is 2.66. The first-order chi connectivity index (χ1) is 8.62. The van der Waals surface area contributed by atoms with Gasteiger partial charge in [0.2, 0.25) is 0 Å². The highest BCUT2D eigenvalue weighted by molar-refractivity contribution is 5.68. The van der Waals surface area contributed by atoms with Crippen LogP contribution in [0, 0.1) is 6.92 Å². The number of aliphatic imine (C=N–C) groups is 1. The summed E-state index contributed by atoms with van der Waals surface area (Å²) < 4.78 is 5.74. The summed E-state index contributed by atoms with van der Waals surface area (Å²) in [5, 5.41) is 0. The third-order valence-electron chi connectivity index (χ3n) is 2.66. The van der Waals surface area contributed by atoms with Gasteiger partial charge >= 0.3 is 6.01 Å². The lowest BCUT2D eigenvalue weighted by Gasteiger charge is -2.16. The molecular weight excluding hydrogens is 228 g/mol. The van der Waals surface area contributed by atoms with E-state index in [1.807, 2.05) is 13.8 Å². The van der Waals surface area contributed by atoms with Crippen molar-refractivity contribution < 1.29 is 4.74 Å². The van der Waals surface area contributed by atoms with E-state index in [0.29, 0.717) is 17.5 Å². The number of anilines is 1. The van der Waals surface area contributed by atoms with Crippen LogP contribution in [0.1, 0.15) is 45.7 Å². The number of ether oxygens (including phenoxy) is 1. The van der Waals surface area contributed by atoms with E-state index < -0.39 is 0 Å². The highest BCUT2D eigenvalue weighted by Gasteiger charge is 2.13. The second kappa shape index (κ2) is 6.93. The summed E-state index contributed by atoms with van der Waals surface area (Å²) in [5.41, 5.74) is 7.21. The Labute approximate surface area is 109 Å². The fourth-order valence-corrected chi connectivity index (χ4v) is 1.72. The van der Waals surface area contributed by atoms with Crippen LogP contribution in [-0.4, -0.2) is 22.3 Å². The number of hydrogen-bond acceptors (Lipinski definition) is 5. The Morgan fingerprint density at radius 2 is 2.11 bits per heavy atom. The zero-order chi connectivity index (χ0) is 13.5. The molecule has 0 aliphatic carbocycles. The lowest BCUT2D eigenvalue weighted by molar-refractivity contribution is 0.170. The number of aryl methyl sites for hydroxylation is 1. The Balaban J connectivity index is 2.92. The van der Waals surface area contributed by atoms with Gasteiger partial charge in [-0.25, -0.2) is 0 Å². The van der Waals surface area contributed by atoms with E-state index in [4.69, 9.17) is 10.5 Å². The van der Waals surface area contributed by atoms with Crippen LogP contribution in [0.25, 0.3) is 0 Å². The van der Waals surface area contributed by atoms with E-state index in [0.717, 1.165) is 25.0 Å². The highest BCUT2D eigenvalue weighted by Crippen LogP contribution is 2.25. The van der Waals surface area contributed by atoms with Crippen LogP contribution in [0.5, 0.6) is 6.01 Å². The number of nitrogens with zero attached hydrogens (tertiary/aromatic N) is 3. The van der Waals surface area contributed by atoms with E-state index >= 15 is 0 Å². The number of hydrogen-bond donors (Lipinski definition) is 1. The zero-order valence-electron chi connectivity index (χ0n) is 11.6. The highest BCUT2D eigenvalue weighted by atomic mass is 16.5. The van der Waals surface area contributed by atoms with Crippen LogP contribution in [0.3, 0.4) is 0 Å². The minimum atomic E-state index is 0.148. The second-order valence-corrected chi connectivity index (χ2v) is 4.15. The van der Waals surface area contributed by atoms with Crippen LogP contribution in [-0.2, 0) is 0 Å². The van der Waals surface area contributed by atoms with Gasteiger partial charge in [0.1, 0.15) is 11.8 Å². The van der Waals surface area contributed by atoms with Crippen molar-refractivity contribution in [2.75, 3.05) is 5.73 Å². The van der Waals surface area contributed by atoms with E-state index in [2.05, 4.69) is 28.8 Å². The summed E-state index contributed by atoms with van der Waals surface area (Å²) in [6.45, 7) is 7.91. The number of nitrogen functional groups attached to an aromatic ring is 1. The Morgan fingerprint density at radius 3 is 2.61 bits per heavy atom. The van der Waals surface area contributed by atoms with E-state index in [1.165, 1.54) is 0 Å². The van der Waals surface area contributed by atoms with Crippen molar-refractivity contribution in [1.82, 2.24) is 9.97 Å². The normalized spacial score (nSPS) is 12.9. The standard InChI is InChI=1S/C13H22N4O/c1-5-8-10(6-2)18-13-16-9(4)11(15-7-3)12(14)17-13/h7,10H,5-6,8H2,1-4H3,(H2,14,16,17). The van der Waals surface area contributed by atoms with Crippen molar-refractivity contribution >= 4 is 17.7 Å². The van der Waals surface area contributed by atoms with Gasteiger partial charge in [0.05, 0.1) is 5.69 Å². The molecule has 1 rings (SSSR count). The SMILES string of the molecule is CC=Nc1c(C)nc(OC(CC)CCC)nc1N. The summed E-state index contributed by atoms with van der Waals surface area (Å²) >= 11 is 0. The molecule has 0 fully saturated rings. The van der Waals surface area contributed by atoms with Gasteiger partial charge in [-0.15, -0.1) is 0 Å². The monoisotopic (exact) mass is 250 g/mol. The first-order valence-electron chi connectivity index (χ1n) is 6.41. The molecule has 1 heterocycles. The maximum atomic E-state index is 5.85. The Morgan fingerprint density at radius 1 is 1.39 bits per heavy atom. The van der Waals surface area contributed by atoms with Gasteiger partial charge in [-0.3, -0.25) is 4.99 Å². The smallest absolute Gasteiger partial charge is 0.318 e. The van der Waals surface area contributed by atoms with Gasteiger partial charge in [-0.05, 0) is 26.7 Å². The van der Waals surface area contributed by atoms with Gasteiger partial charge in [-0.1, -0.05) is 20.3 Å². The van der Waals surface area contributed by atoms with E-state index in [9.17, 15) is 0 Å². The molecule has 5 nitrogen and oxygen atoms in total. The Bertz CT molecular complexity index is 394. The Hall–Kier alpha value is -1.65. The summed E-state index contributed by atoms with van der Waals surface area (Å²) in [6, 6.07) is 0.348. The molecule has 0 aromatic carbocycles. The van der Waals surface area contributed by atoms with Crippen molar-refractivity contribution in [3.8, 4) is 6.01 Å². The van der Waals surface area contributed by atoms with Crippen LogP contribution < -0.4 is 10.5 Å². The van der Waals surface area contributed by atoms with Gasteiger partial charge in [-0.2, -0.15) is 9.97 Å². The molecule has 0 bridgehead atoms. The molecule has 0 amide bonds. The van der Waals surface area contributed by atoms with Crippen LogP contribution >= 0.6 is 0 Å². The molecule has 0 radical (unpaired) electrons. The Kier molecular flexibility index (Phi) is 5.55. The van der Waals surface area contributed by atoms with Crippen molar-refractivity contribution in [3.63, 3.8) is 0 Å². The largest absolute Gasteiger partial charge is 0.460 e. The molecule has 1 unspecified atom stereocenters. The maximum Gasteiger partial charge on any atom is 0.318 e. The molecule has 1 aromatic heterocycles. The maximum absolute atomic E-state index is 5.85. The fraction of sp³-hybridized carbons (Fsp3) is 0.615. The summed E-state index contributed by atoms with van der Waals surface area (Å²) in [7, 11) is 0. The molecule has 1 atom stereocenters. The van der Waals surface area contributed by atoms with Crippen molar-refractivity contribution in [2.24, 2.45) is 4.99 Å². The fourth-order valence-electron chi connectivity index (χ4n) is 1.72. The van der Waals surface area contributed by atoms with Crippen molar-refractivity contribution in [2.45, 2.75) is 53.1 Å². The summed E-state index contributed by atoms with van der Waals surface area (Å²) in [6.07, 6.45) is 4.83. The minimum absolute atomic E-state index is 0.148. The zero-order valence-corrected chi connectivity index (χ0v) is 11.6. The van der Waals surface area contributed by atoms with Crippen molar-refractivity contribution in [1.29, 1.82) is 0 Å². The lowest BCUT2D eigenvalue weighted by atomic mass is 10.2. The van der Waals surface area contributed by atoms with E-state index in [1.54, 1.807) is 6.21 Å². The van der Waals surface area contributed by atoms with Crippen molar-refractivity contribution in [3.05, 3.63) is 5.69 Å². The first kappa shape index (κ1) is 14.4. The lowest BCUT2D eigenvalue weighted by Crippen LogP contribution is -2.17. The topological polar surface area (TPSA) is 73.4 Å². The van der Waals surface area contributed by atoms with Gasteiger partial charge in [0.15, 0.2) is 5.82 Å². The average Bonchev–Trinajstić information content (AvgIpc) is 2.33. The van der Waals surface area contributed by atoms with Gasteiger partial charge < -0.3 is 10.5 Å². The molecule has 18 heavy (non-hydrogen) atoms. The molecule has 0 saturated heterocycles. The molecule has 0 aliphatic heterocycles. The first-order valence-corrected chi connectivity index (χ1v) is 6.41. The molecule has 2 N–H and O–H groups in total. The minimum Gasteiger partial charge on any atom is -0.460 e. The second-order valence-electron chi connectivity index (χ2n) is 4.15. The molecule has 1 aromatic rings. The van der Waals surface area contributed by atoms with Crippen LogP contribution in [0.15, 0.2) is 4.99 Å². The molecule has 0 aliphatic rings. The third kappa shape index (κ3) is 3.68. The van der Waals surface area contributed by atoms with Gasteiger partial charge in [0, 0.05) is 6.21 Å². The number of nitrogens with two attached hydrogens (primary N) is 1. The predicted octanol–water partition coefficient (Wildman–Crippen LogP) is 3.05. The molecular formula is C13H22N4O. The van der Waals surface area contributed by atoms with Gasteiger partial charge in [0.25, 0.3) is 0 Å². The number of rotatable bonds is 6. The number of aromatic nitrogens is 2. The average molecular weight is 250 g/mol. The molecule has 100 valence electrons. The van der Waals surface area contributed by atoms with Crippen LogP contribution in [0.4, 0.5) is 11.5 Å². The predicted molar refractivity (Wildman–Crippen MR) is 74.6 cm³/mol. The molecule has 5 heteroatoms.